The number of aromatic nitrogens is 3. The fraction of sp³-hybridized carbons (Fsp3) is 0.200. The van der Waals surface area contributed by atoms with Crippen molar-refractivity contribution >= 4 is 21.7 Å². The maximum atomic E-state index is 4.17. The first-order valence-corrected chi connectivity index (χ1v) is 3.44. The number of aryl methyl sites for hydroxylation is 1. The van der Waals surface area contributed by atoms with Crippen molar-refractivity contribution in [2.24, 2.45) is 0 Å². The number of aromatic amines is 1. The van der Waals surface area contributed by atoms with E-state index in [2.05, 4.69) is 15.2 Å². The van der Waals surface area contributed by atoms with Crippen molar-refractivity contribution in [1.82, 2.24) is 15.2 Å². The number of thiazole rings is 1. The second kappa shape index (κ2) is 1.54. The van der Waals surface area contributed by atoms with E-state index in [-0.39, 0.29) is 0 Å². The molecule has 46 valence electrons. The largest absolute Gasteiger partial charge is 0.260 e. The van der Waals surface area contributed by atoms with Gasteiger partial charge in [-0.15, -0.1) is 11.3 Å². The highest BCUT2D eigenvalue weighted by atomic mass is 32.1. The van der Waals surface area contributed by atoms with Crippen LogP contribution in [0.2, 0.25) is 0 Å². The Balaban J connectivity index is 2.92. The normalized spacial score (nSPS) is 10.8. The highest BCUT2D eigenvalue weighted by Crippen LogP contribution is 2.17. The van der Waals surface area contributed by atoms with Crippen LogP contribution < -0.4 is 0 Å². The molecule has 2 aromatic heterocycles. The molecule has 2 rings (SSSR count). The molecule has 0 aliphatic heterocycles. The Kier molecular flexibility index (Phi) is 0.843. The average Bonchev–Trinajstić information content (AvgIpc) is 2.22. The van der Waals surface area contributed by atoms with Crippen LogP contribution in [0, 0.1) is 6.92 Å². The van der Waals surface area contributed by atoms with Gasteiger partial charge in [-0.3, -0.25) is 5.10 Å². The Labute approximate surface area is 55.7 Å². The minimum Gasteiger partial charge on any atom is -0.260 e. The van der Waals surface area contributed by atoms with Gasteiger partial charge in [-0.1, -0.05) is 0 Å². The van der Waals surface area contributed by atoms with Gasteiger partial charge in [0.15, 0.2) is 5.65 Å². The number of rotatable bonds is 0. The summed E-state index contributed by atoms with van der Waals surface area (Å²) in [4.78, 5) is 4.17. The molecule has 0 aliphatic carbocycles. The summed E-state index contributed by atoms with van der Waals surface area (Å²) in [6, 6.07) is 0. The smallest absolute Gasteiger partial charge is 0.166 e. The number of nitrogens with zero attached hydrogens (tertiary/aromatic N) is 2. The maximum Gasteiger partial charge on any atom is 0.166 e. The number of nitrogens with one attached hydrogen (secondary N) is 1. The molecule has 0 aromatic carbocycles. The van der Waals surface area contributed by atoms with Crippen LogP contribution in [-0.2, 0) is 0 Å². The van der Waals surface area contributed by atoms with Crippen molar-refractivity contribution in [3.63, 3.8) is 0 Å². The molecule has 0 bridgehead atoms. The van der Waals surface area contributed by atoms with Gasteiger partial charge in [-0.2, -0.15) is 5.10 Å². The first-order chi connectivity index (χ1) is 4.36. The molecule has 0 amide bonds. The van der Waals surface area contributed by atoms with Crippen molar-refractivity contribution < 1.29 is 0 Å². The molecular weight excluding hydrogens is 134 g/mol. The molecule has 3 nitrogen and oxygen atoms in total. The summed E-state index contributed by atoms with van der Waals surface area (Å²) < 4.78 is 1.13. The van der Waals surface area contributed by atoms with Crippen molar-refractivity contribution in [2.45, 2.75) is 6.92 Å². The molecule has 4 heteroatoms. The Morgan fingerprint density at radius 1 is 1.67 bits per heavy atom. The van der Waals surface area contributed by atoms with Crippen molar-refractivity contribution in [3.8, 4) is 0 Å². The number of fused-ring (bicyclic) bond motifs is 1. The number of H-pyrrole nitrogens is 1. The van der Waals surface area contributed by atoms with Crippen molar-refractivity contribution in [2.75, 3.05) is 0 Å². The summed E-state index contributed by atoms with van der Waals surface area (Å²) in [5.74, 6) is 0. The second-order valence-electron chi connectivity index (χ2n) is 1.82. The van der Waals surface area contributed by atoms with Gasteiger partial charge in [0.1, 0.15) is 0 Å². The van der Waals surface area contributed by atoms with Gasteiger partial charge >= 0.3 is 0 Å². The SMILES string of the molecule is Cc1nc2[nH]ncc2s1. The van der Waals surface area contributed by atoms with Crippen molar-refractivity contribution in [1.29, 1.82) is 0 Å². The number of hydrogen-bond acceptors (Lipinski definition) is 3. The molecule has 0 saturated carbocycles. The van der Waals surface area contributed by atoms with E-state index in [4.69, 9.17) is 0 Å². The lowest BCUT2D eigenvalue weighted by Crippen LogP contribution is -1.69. The summed E-state index contributed by atoms with van der Waals surface area (Å²) in [5.41, 5.74) is 0.900. The van der Waals surface area contributed by atoms with Gasteiger partial charge in [-0.25, -0.2) is 4.98 Å². The third-order valence-electron chi connectivity index (χ3n) is 1.11. The molecule has 2 heterocycles. The Bertz CT molecular complexity index is 293. The quantitative estimate of drug-likeness (QED) is 0.598. The maximum absolute atomic E-state index is 4.17. The van der Waals surface area contributed by atoms with Gasteiger partial charge in [0.2, 0.25) is 0 Å². The summed E-state index contributed by atoms with van der Waals surface area (Å²) in [7, 11) is 0. The zero-order valence-electron chi connectivity index (χ0n) is 4.88. The summed E-state index contributed by atoms with van der Waals surface area (Å²) >= 11 is 1.65. The first kappa shape index (κ1) is 4.93. The van der Waals surface area contributed by atoms with E-state index in [1.54, 1.807) is 17.5 Å². The van der Waals surface area contributed by atoms with Gasteiger partial charge in [-0.05, 0) is 6.92 Å². The molecular formula is C5H5N3S. The van der Waals surface area contributed by atoms with Crippen LogP contribution in [0.1, 0.15) is 5.01 Å². The predicted molar refractivity (Wildman–Crippen MR) is 36.5 cm³/mol. The summed E-state index contributed by atoms with van der Waals surface area (Å²) in [6.45, 7) is 1.98. The molecule has 0 aliphatic rings. The Hall–Kier alpha value is -0.900. The van der Waals surface area contributed by atoms with E-state index in [0.29, 0.717) is 0 Å². The zero-order valence-corrected chi connectivity index (χ0v) is 5.70. The molecule has 1 N–H and O–H groups in total. The summed E-state index contributed by atoms with van der Waals surface area (Å²) in [6.07, 6.45) is 1.79. The van der Waals surface area contributed by atoms with E-state index in [1.165, 1.54) is 0 Å². The highest BCUT2D eigenvalue weighted by molar-refractivity contribution is 7.18. The fourth-order valence-electron chi connectivity index (χ4n) is 0.762. The molecule has 9 heavy (non-hydrogen) atoms. The first-order valence-electron chi connectivity index (χ1n) is 2.63. The number of hydrogen-bond donors (Lipinski definition) is 1. The standard InChI is InChI=1S/C5H5N3S/c1-3-7-5-4(9-3)2-6-8-5/h2H,1H3,(H,6,8). The monoisotopic (exact) mass is 139 g/mol. The van der Waals surface area contributed by atoms with Crippen LogP contribution in [0.3, 0.4) is 0 Å². The molecule has 0 unspecified atom stereocenters. The minimum atomic E-state index is 0.900. The molecule has 0 saturated heterocycles. The Morgan fingerprint density at radius 2 is 2.56 bits per heavy atom. The van der Waals surface area contributed by atoms with Crippen LogP contribution in [-0.4, -0.2) is 15.2 Å². The van der Waals surface area contributed by atoms with E-state index in [0.717, 1.165) is 15.4 Å². The van der Waals surface area contributed by atoms with Crippen LogP contribution in [0.15, 0.2) is 6.20 Å². The van der Waals surface area contributed by atoms with E-state index in [9.17, 15) is 0 Å². The predicted octanol–water partition coefficient (Wildman–Crippen LogP) is 1.33. The molecule has 2 aromatic rings. The van der Waals surface area contributed by atoms with E-state index in [1.807, 2.05) is 6.92 Å². The molecule has 0 radical (unpaired) electrons. The lowest BCUT2D eigenvalue weighted by Gasteiger charge is -1.70. The second-order valence-corrected chi connectivity index (χ2v) is 3.05. The van der Waals surface area contributed by atoms with Crippen LogP contribution in [0.25, 0.3) is 10.3 Å². The topological polar surface area (TPSA) is 41.6 Å². The minimum absolute atomic E-state index is 0.900. The van der Waals surface area contributed by atoms with E-state index >= 15 is 0 Å². The highest BCUT2D eigenvalue weighted by Gasteiger charge is 1.98. The molecule has 0 fully saturated rings. The van der Waals surface area contributed by atoms with Crippen molar-refractivity contribution in [3.05, 3.63) is 11.2 Å². The third-order valence-corrected chi connectivity index (χ3v) is 2.02. The van der Waals surface area contributed by atoms with Gasteiger partial charge < -0.3 is 0 Å². The molecule has 0 spiro atoms. The van der Waals surface area contributed by atoms with Gasteiger partial charge in [0.05, 0.1) is 15.9 Å². The van der Waals surface area contributed by atoms with Gasteiger partial charge in [0.25, 0.3) is 0 Å². The van der Waals surface area contributed by atoms with Crippen LogP contribution in [0.5, 0.6) is 0 Å². The lowest BCUT2D eigenvalue weighted by atomic mass is 10.7. The van der Waals surface area contributed by atoms with Crippen LogP contribution in [0.4, 0.5) is 0 Å². The van der Waals surface area contributed by atoms with E-state index < -0.39 is 0 Å². The molecule has 0 atom stereocenters. The summed E-state index contributed by atoms with van der Waals surface area (Å²) in [5, 5.41) is 7.70. The zero-order chi connectivity index (χ0) is 6.27. The van der Waals surface area contributed by atoms with Crippen LogP contribution >= 0.6 is 11.3 Å². The van der Waals surface area contributed by atoms with Gasteiger partial charge in [0, 0.05) is 0 Å². The average molecular weight is 139 g/mol. The lowest BCUT2D eigenvalue weighted by molar-refractivity contribution is 1.09. The Morgan fingerprint density at radius 3 is 3.33 bits per heavy atom. The third kappa shape index (κ3) is 0.632. The fourth-order valence-corrected chi connectivity index (χ4v) is 1.51.